The molecule has 1 amide bonds. The van der Waals surface area contributed by atoms with Gasteiger partial charge in [-0.25, -0.2) is 0 Å². The van der Waals surface area contributed by atoms with Gasteiger partial charge >= 0.3 is 0 Å². The van der Waals surface area contributed by atoms with Crippen LogP contribution in [0.3, 0.4) is 0 Å². The minimum absolute atomic E-state index is 0.101. The Morgan fingerprint density at radius 2 is 1.85 bits per heavy atom. The first-order valence-corrected chi connectivity index (χ1v) is 6.77. The van der Waals surface area contributed by atoms with Gasteiger partial charge in [0, 0.05) is 19.2 Å². The summed E-state index contributed by atoms with van der Waals surface area (Å²) in [5.74, 6) is 0.964. The zero-order valence-electron chi connectivity index (χ0n) is 12.5. The van der Waals surface area contributed by atoms with Crippen LogP contribution in [0.15, 0.2) is 47.1 Å². The number of hydrogen-bond donors (Lipinski definition) is 0. The van der Waals surface area contributed by atoms with Gasteiger partial charge in [-0.2, -0.15) is 0 Å². The van der Waals surface area contributed by atoms with Gasteiger partial charge in [-0.15, -0.1) is 0 Å². The highest BCUT2D eigenvalue weighted by Gasteiger charge is 2.32. The van der Waals surface area contributed by atoms with E-state index in [1.165, 1.54) is 0 Å². The number of hydrogen-bond acceptors (Lipinski definition) is 2. The van der Waals surface area contributed by atoms with E-state index < -0.39 is 5.41 Å². The van der Waals surface area contributed by atoms with Gasteiger partial charge in [0.25, 0.3) is 0 Å². The van der Waals surface area contributed by atoms with E-state index in [0.29, 0.717) is 6.54 Å². The molecule has 1 aromatic heterocycles. The first-order chi connectivity index (χ1) is 9.43. The van der Waals surface area contributed by atoms with Crippen LogP contribution in [-0.2, 0) is 16.8 Å². The van der Waals surface area contributed by atoms with Crippen LogP contribution >= 0.6 is 0 Å². The second kappa shape index (κ2) is 5.53. The summed E-state index contributed by atoms with van der Waals surface area (Å²) in [6.07, 6.45) is 1.66. The second-order valence-electron chi connectivity index (χ2n) is 5.65. The van der Waals surface area contributed by atoms with Crippen molar-refractivity contribution < 1.29 is 9.21 Å². The fraction of sp³-hybridized carbons (Fsp3) is 0.353. The summed E-state index contributed by atoms with van der Waals surface area (Å²) >= 11 is 0. The van der Waals surface area contributed by atoms with Crippen LogP contribution in [0.4, 0.5) is 0 Å². The van der Waals surface area contributed by atoms with E-state index in [2.05, 4.69) is 0 Å². The minimum Gasteiger partial charge on any atom is -0.469 e. The maximum Gasteiger partial charge on any atom is 0.232 e. The highest BCUT2D eigenvalue weighted by Crippen LogP contribution is 2.26. The first-order valence-electron chi connectivity index (χ1n) is 6.77. The van der Waals surface area contributed by atoms with Crippen molar-refractivity contribution in [3.8, 4) is 0 Å². The summed E-state index contributed by atoms with van der Waals surface area (Å²) in [5, 5.41) is 0. The SMILES string of the molecule is Cc1occc1CN(C)C(=O)C(C)(C)c1ccccc1. The normalized spacial score (nSPS) is 11.4. The lowest BCUT2D eigenvalue weighted by Crippen LogP contribution is -2.41. The number of carbonyl (C=O) groups is 1. The average molecular weight is 271 g/mol. The molecule has 1 aromatic carbocycles. The summed E-state index contributed by atoms with van der Waals surface area (Å²) in [6.45, 7) is 6.40. The van der Waals surface area contributed by atoms with E-state index in [1.54, 1.807) is 11.2 Å². The summed E-state index contributed by atoms with van der Waals surface area (Å²) in [7, 11) is 1.83. The molecule has 0 aliphatic carbocycles. The molecule has 0 bridgehead atoms. The van der Waals surface area contributed by atoms with Gasteiger partial charge < -0.3 is 9.32 Å². The third-order valence-corrected chi connectivity index (χ3v) is 3.75. The highest BCUT2D eigenvalue weighted by molar-refractivity contribution is 5.87. The largest absolute Gasteiger partial charge is 0.469 e. The number of furan rings is 1. The molecule has 3 nitrogen and oxygen atoms in total. The fourth-order valence-corrected chi connectivity index (χ4v) is 2.36. The van der Waals surface area contributed by atoms with Crippen molar-refractivity contribution in [1.29, 1.82) is 0 Å². The molecule has 0 radical (unpaired) electrons. The van der Waals surface area contributed by atoms with Gasteiger partial charge in [0.2, 0.25) is 5.91 Å². The van der Waals surface area contributed by atoms with Crippen molar-refractivity contribution in [2.75, 3.05) is 7.05 Å². The number of amides is 1. The third-order valence-electron chi connectivity index (χ3n) is 3.75. The fourth-order valence-electron chi connectivity index (χ4n) is 2.36. The van der Waals surface area contributed by atoms with Crippen molar-refractivity contribution in [2.24, 2.45) is 0 Å². The van der Waals surface area contributed by atoms with Crippen molar-refractivity contribution in [2.45, 2.75) is 32.7 Å². The maximum atomic E-state index is 12.7. The molecule has 0 fully saturated rings. The molecule has 0 unspecified atom stereocenters. The lowest BCUT2D eigenvalue weighted by Gasteiger charge is -2.29. The van der Waals surface area contributed by atoms with Crippen LogP contribution in [-0.4, -0.2) is 17.9 Å². The van der Waals surface area contributed by atoms with E-state index in [4.69, 9.17) is 4.42 Å². The number of rotatable bonds is 4. The van der Waals surface area contributed by atoms with Crippen LogP contribution < -0.4 is 0 Å². The molecule has 2 rings (SSSR count). The summed E-state index contributed by atoms with van der Waals surface area (Å²) < 4.78 is 5.28. The van der Waals surface area contributed by atoms with Gasteiger partial charge in [0.05, 0.1) is 11.7 Å². The number of nitrogens with zero attached hydrogens (tertiary/aromatic N) is 1. The third kappa shape index (κ3) is 2.77. The zero-order valence-corrected chi connectivity index (χ0v) is 12.5. The lowest BCUT2D eigenvalue weighted by molar-refractivity contribution is -0.135. The van der Waals surface area contributed by atoms with E-state index in [9.17, 15) is 4.79 Å². The van der Waals surface area contributed by atoms with Gasteiger partial charge in [0.1, 0.15) is 5.76 Å². The van der Waals surface area contributed by atoms with Crippen molar-refractivity contribution in [3.63, 3.8) is 0 Å². The Labute approximate surface area is 120 Å². The van der Waals surface area contributed by atoms with E-state index in [0.717, 1.165) is 16.9 Å². The Bertz CT molecular complexity index is 584. The number of carbonyl (C=O) groups excluding carboxylic acids is 1. The lowest BCUT2D eigenvalue weighted by atomic mass is 9.83. The topological polar surface area (TPSA) is 33.5 Å². The number of aryl methyl sites for hydroxylation is 1. The van der Waals surface area contributed by atoms with Gasteiger partial charge in [0.15, 0.2) is 0 Å². The Morgan fingerprint density at radius 3 is 2.40 bits per heavy atom. The first kappa shape index (κ1) is 14.4. The van der Waals surface area contributed by atoms with Crippen LogP contribution in [0.5, 0.6) is 0 Å². The van der Waals surface area contributed by atoms with E-state index in [-0.39, 0.29) is 5.91 Å². The van der Waals surface area contributed by atoms with Crippen LogP contribution in [0.1, 0.15) is 30.7 Å². The van der Waals surface area contributed by atoms with Crippen LogP contribution in [0, 0.1) is 6.92 Å². The van der Waals surface area contributed by atoms with Crippen molar-refractivity contribution in [1.82, 2.24) is 4.90 Å². The smallest absolute Gasteiger partial charge is 0.232 e. The molecule has 3 heteroatoms. The molecule has 1 heterocycles. The Hall–Kier alpha value is -2.03. The Morgan fingerprint density at radius 1 is 1.20 bits per heavy atom. The molecule has 0 saturated carbocycles. The number of benzene rings is 1. The predicted octanol–water partition coefficient (Wildman–Crippen LogP) is 3.52. The maximum absolute atomic E-state index is 12.7. The Balaban J connectivity index is 2.16. The molecule has 0 aliphatic rings. The zero-order chi connectivity index (χ0) is 14.8. The Kier molecular flexibility index (Phi) is 3.98. The molecule has 0 aliphatic heterocycles. The van der Waals surface area contributed by atoms with Crippen molar-refractivity contribution >= 4 is 5.91 Å². The molecule has 0 spiro atoms. The highest BCUT2D eigenvalue weighted by atomic mass is 16.3. The molecule has 0 atom stereocenters. The number of likely N-dealkylation sites (N-methyl/N-ethyl adjacent to an activating group) is 1. The second-order valence-corrected chi connectivity index (χ2v) is 5.65. The molecular formula is C17H21NO2. The van der Waals surface area contributed by atoms with Gasteiger partial charge in [-0.1, -0.05) is 30.3 Å². The standard InChI is InChI=1S/C17H21NO2/c1-13-14(10-11-20-13)12-18(4)16(19)17(2,3)15-8-6-5-7-9-15/h5-11H,12H2,1-4H3. The van der Waals surface area contributed by atoms with Gasteiger partial charge in [-0.3, -0.25) is 4.79 Å². The quantitative estimate of drug-likeness (QED) is 0.852. The predicted molar refractivity (Wildman–Crippen MR) is 79.4 cm³/mol. The summed E-state index contributed by atoms with van der Waals surface area (Å²) in [6, 6.07) is 11.8. The molecule has 2 aromatic rings. The van der Waals surface area contributed by atoms with E-state index >= 15 is 0 Å². The minimum atomic E-state index is -0.534. The average Bonchev–Trinajstić information content (AvgIpc) is 2.84. The van der Waals surface area contributed by atoms with Crippen LogP contribution in [0.25, 0.3) is 0 Å². The summed E-state index contributed by atoms with van der Waals surface area (Å²) in [4.78, 5) is 14.5. The monoisotopic (exact) mass is 271 g/mol. The van der Waals surface area contributed by atoms with Gasteiger partial charge in [-0.05, 0) is 32.4 Å². The molecule has 20 heavy (non-hydrogen) atoms. The molecule has 0 saturated heterocycles. The van der Waals surface area contributed by atoms with Crippen molar-refractivity contribution in [3.05, 3.63) is 59.5 Å². The molecule has 0 N–H and O–H groups in total. The summed E-state index contributed by atoms with van der Waals surface area (Å²) in [5.41, 5.74) is 1.54. The molecule has 106 valence electrons. The molecular weight excluding hydrogens is 250 g/mol. The van der Waals surface area contributed by atoms with Crippen LogP contribution in [0.2, 0.25) is 0 Å². The van der Waals surface area contributed by atoms with E-state index in [1.807, 2.05) is 64.2 Å².